The molecule has 0 aliphatic rings. The molecular formula is C39H58O9. The minimum absolute atomic E-state index is 0.300. The van der Waals surface area contributed by atoms with Crippen LogP contribution in [0.15, 0.2) is 36.4 Å². The van der Waals surface area contributed by atoms with E-state index in [1.54, 1.807) is 12.1 Å². The van der Waals surface area contributed by atoms with Gasteiger partial charge in [-0.1, -0.05) is 126 Å². The van der Waals surface area contributed by atoms with Gasteiger partial charge in [0.2, 0.25) is 12.6 Å². The van der Waals surface area contributed by atoms with Gasteiger partial charge in [-0.25, -0.2) is 14.4 Å². The summed E-state index contributed by atoms with van der Waals surface area (Å²) >= 11 is 0. The summed E-state index contributed by atoms with van der Waals surface area (Å²) in [5.41, 5.74) is 4.22. The molecule has 2 unspecified atom stereocenters. The summed E-state index contributed by atoms with van der Waals surface area (Å²) in [6.07, 6.45) is 11.8. The molecule has 0 amide bonds. The van der Waals surface area contributed by atoms with E-state index in [1.807, 2.05) is 52.0 Å². The van der Waals surface area contributed by atoms with E-state index in [0.717, 1.165) is 60.8 Å². The van der Waals surface area contributed by atoms with Crippen LogP contribution in [0.1, 0.15) is 160 Å². The highest BCUT2D eigenvalue weighted by Crippen LogP contribution is 2.19. The normalized spacial score (nSPS) is 12.3. The average molecular weight is 671 g/mol. The van der Waals surface area contributed by atoms with Crippen LogP contribution in [0.4, 0.5) is 4.79 Å². The molecule has 0 N–H and O–H groups in total. The molecule has 0 saturated heterocycles. The Morgan fingerprint density at radius 2 is 0.875 bits per heavy atom. The molecule has 0 radical (unpaired) electrons. The first kappa shape index (κ1) is 40.7. The smallest absolute Gasteiger partial charge is 0.400 e. The van der Waals surface area contributed by atoms with Gasteiger partial charge < -0.3 is 9.47 Å². The lowest BCUT2D eigenvalue weighted by Crippen LogP contribution is -2.29. The van der Waals surface area contributed by atoms with Gasteiger partial charge in [0.05, 0.1) is 11.1 Å². The summed E-state index contributed by atoms with van der Waals surface area (Å²) in [5.74, 6) is -1.38. The molecule has 48 heavy (non-hydrogen) atoms. The minimum Gasteiger partial charge on any atom is -0.400 e. The largest absolute Gasteiger partial charge is 0.513 e. The maximum Gasteiger partial charge on any atom is 0.513 e. The Morgan fingerprint density at radius 3 is 1.23 bits per heavy atom. The van der Waals surface area contributed by atoms with E-state index >= 15 is 0 Å². The lowest BCUT2D eigenvalue weighted by Gasteiger charge is -2.20. The molecule has 0 spiro atoms. The van der Waals surface area contributed by atoms with E-state index in [-0.39, 0.29) is 0 Å². The van der Waals surface area contributed by atoms with Crippen molar-refractivity contribution in [2.24, 2.45) is 0 Å². The Kier molecular flexibility index (Phi) is 20.2. The molecule has 0 bridgehead atoms. The predicted molar refractivity (Wildman–Crippen MR) is 185 cm³/mol. The van der Waals surface area contributed by atoms with Gasteiger partial charge in [-0.05, 0) is 63.8 Å². The Hall–Kier alpha value is -3.43. The van der Waals surface area contributed by atoms with Crippen LogP contribution < -0.4 is 0 Å². The third-order valence-electron chi connectivity index (χ3n) is 8.21. The molecule has 9 heteroatoms. The quantitative estimate of drug-likeness (QED) is 0.0354. The monoisotopic (exact) mass is 670 g/mol. The van der Waals surface area contributed by atoms with E-state index in [2.05, 4.69) is 13.8 Å². The number of unbranched alkanes of at least 4 members (excludes halogenated alkanes) is 12. The molecule has 2 atom stereocenters. The van der Waals surface area contributed by atoms with Crippen LogP contribution in [0.25, 0.3) is 0 Å². The average Bonchev–Trinajstić information content (AvgIpc) is 3.04. The number of carbonyl (C=O) groups excluding carboxylic acids is 3. The van der Waals surface area contributed by atoms with Gasteiger partial charge in [-0.3, -0.25) is 9.78 Å². The van der Waals surface area contributed by atoms with Gasteiger partial charge in [0.15, 0.2) is 0 Å². The van der Waals surface area contributed by atoms with Crippen LogP contribution in [-0.2, 0) is 29.0 Å². The summed E-state index contributed by atoms with van der Waals surface area (Å²) in [7, 11) is 0. The Labute approximate surface area is 287 Å². The lowest BCUT2D eigenvalue weighted by atomic mass is 10.1. The van der Waals surface area contributed by atoms with E-state index in [9.17, 15) is 14.4 Å². The highest BCUT2D eigenvalue weighted by atomic mass is 17.2. The maximum atomic E-state index is 13.0. The van der Waals surface area contributed by atoms with Crippen LogP contribution >= 0.6 is 0 Å². The molecule has 0 aromatic heterocycles. The topological polar surface area (TPSA) is 107 Å². The summed E-state index contributed by atoms with van der Waals surface area (Å²) in [6.45, 7) is 11.8. The fourth-order valence-corrected chi connectivity index (χ4v) is 5.40. The van der Waals surface area contributed by atoms with Crippen molar-refractivity contribution in [2.45, 2.75) is 157 Å². The molecule has 2 rings (SSSR count). The van der Waals surface area contributed by atoms with E-state index in [1.165, 1.54) is 38.5 Å². The van der Waals surface area contributed by atoms with Crippen molar-refractivity contribution in [3.05, 3.63) is 69.8 Å². The van der Waals surface area contributed by atoms with E-state index < -0.39 is 30.7 Å². The third-order valence-corrected chi connectivity index (χ3v) is 8.21. The second kappa shape index (κ2) is 23.8. The number of rotatable bonds is 24. The summed E-state index contributed by atoms with van der Waals surface area (Å²) in [5, 5.41) is 0. The van der Waals surface area contributed by atoms with Crippen LogP contribution in [0.2, 0.25) is 0 Å². The van der Waals surface area contributed by atoms with Gasteiger partial charge in [0.1, 0.15) is 0 Å². The molecule has 0 fully saturated rings. The zero-order valence-electron chi connectivity index (χ0n) is 30.1. The summed E-state index contributed by atoms with van der Waals surface area (Å²) in [6, 6.07) is 10.7. The molecule has 268 valence electrons. The molecular weight excluding hydrogens is 612 g/mol. The SMILES string of the molecule is CCCCCCCCCC(OOC(=O)c1ccc(C)cc1C)OC(=O)OC(CCCCCCCCC)OOC(=O)c1ccc(C)cc1C. The molecule has 0 aliphatic carbocycles. The first-order chi connectivity index (χ1) is 23.1. The van der Waals surface area contributed by atoms with Crippen molar-refractivity contribution in [3.63, 3.8) is 0 Å². The van der Waals surface area contributed by atoms with Crippen LogP contribution in [0.3, 0.4) is 0 Å². The molecule has 2 aromatic carbocycles. The van der Waals surface area contributed by atoms with Gasteiger partial charge in [-0.2, -0.15) is 0 Å². The van der Waals surface area contributed by atoms with Crippen molar-refractivity contribution in [1.29, 1.82) is 0 Å². The number of carbonyl (C=O) groups is 3. The Balaban J connectivity index is 2.03. The van der Waals surface area contributed by atoms with Gasteiger partial charge in [0, 0.05) is 12.8 Å². The third kappa shape index (κ3) is 16.6. The zero-order valence-corrected chi connectivity index (χ0v) is 30.1. The van der Waals surface area contributed by atoms with Crippen molar-refractivity contribution in [2.75, 3.05) is 0 Å². The number of aryl methyl sites for hydroxylation is 4. The number of ether oxygens (including phenoxy) is 2. The van der Waals surface area contributed by atoms with E-state index in [4.69, 9.17) is 29.0 Å². The molecule has 2 aromatic rings. The number of hydrogen-bond donors (Lipinski definition) is 0. The highest BCUT2D eigenvalue weighted by molar-refractivity contribution is 5.91. The van der Waals surface area contributed by atoms with Gasteiger partial charge in [0.25, 0.3) is 0 Å². The fourth-order valence-electron chi connectivity index (χ4n) is 5.40. The van der Waals surface area contributed by atoms with Crippen molar-refractivity contribution in [3.8, 4) is 0 Å². The molecule has 0 heterocycles. The molecule has 0 saturated carbocycles. The lowest BCUT2D eigenvalue weighted by molar-refractivity contribution is -0.348. The van der Waals surface area contributed by atoms with Gasteiger partial charge >= 0.3 is 18.1 Å². The second-order valence-corrected chi connectivity index (χ2v) is 12.7. The fraction of sp³-hybridized carbons (Fsp3) is 0.615. The number of hydrogen-bond acceptors (Lipinski definition) is 9. The first-order valence-corrected chi connectivity index (χ1v) is 17.9. The summed E-state index contributed by atoms with van der Waals surface area (Å²) < 4.78 is 11.0. The minimum atomic E-state index is -1.19. The van der Waals surface area contributed by atoms with Crippen LogP contribution in [0.5, 0.6) is 0 Å². The second-order valence-electron chi connectivity index (χ2n) is 12.7. The zero-order chi connectivity index (χ0) is 35.1. The molecule has 9 nitrogen and oxygen atoms in total. The molecule has 0 aliphatic heterocycles. The Morgan fingerprint density at radius 1 is 0.521 bits per heavy atom. The first-order valence-electron chi connectivity index (χ1n) is 17.9. The standard InChI is InChI=1S/C39H58O9/c1-7-9-11-13-15-17-19-21-35(45-47-37(40)33-25-23-29(3)27-31(33)5)43-39(42)44-36(22-20-18-16-14-12-10-8-2)46-48-38(41)34-26-24-30(4)28-32(34)6/h23-28,35-36H,7-22H2,1-6H3. The van der Waals surface area contributed by atoms with Crippen molar-refractivity contribution < 1.29 is 43.4 Å². The maximum absolute atomic E-state index is 13.0. The highest BCUT2D eigenvalue weighted by Gasteiger charge is 2.25. The van der Waals surface area contributed by atoms with Gasteiger partial charge in [-0.15, -0.1) is 9.78 Å². The van der Waals surface area contributed by atoms with Crippen molar-refractivity contribution >= 4 is 18.1 Å². The Bertz CT molecular complexity index is 1150. The predicted octanol–water partition coefficient (Wildman–Crippen LogP) is 10.9. The summed E-state index contributed by atoms with van der Waals surface area (Å²) in [4.78, 5) is 59.5. The number of benzene rings is 2. The van der Waals surface area contributed by atoms with Crippen molar-refractivity contribution in [1.82, 2.24) is 0 Å². The van der Waals surface area contributed by atoms with Crippen LogP contribution in [-0.4, -0.2) is 30.7 Å². The van der Waals surface area contributed by atoms with Crippen LogP contribution in [0, 0.1) is 27.7 Å². The van der Waals surface area contributed by atoms with E-state index in [0.29, 0.717) is 36.8 Å².